The Kier molecular flexibility index (Phi) is 5.82. The predicted octanol–water partition coefficient (Wildman–Crippen LogP) is 2.55. The van der Waals surface area contributed by atoms with Crippen LogP contribution in [0.3, 0.4) is 0 Å². The Balaban J connectivity index is 1.57. The first-order chi connectivity index (χ1) is 13.4. The molecule has 0 spiro atoms. The van der Waals surface area contributed by atoms with Crippen molar-refractivity contribution in [1.82, 2.24) is 19.2 Å². The predicted molar refractivity (Wildman–Crippen MR) is 107 cm³/mol. The number of hydrogen-bond acceptors (Lipinski definition) is 4. The molecule has 148 valence electrons. The van der Waals surface area contributed by atoms with Crippen LogP contribution in [0.25, 0.3) is 11.3 Å². The summed E-state index contributed by atoms with van der Waals surface area (Å²) in [5, 5.41) is 4.42. The fourth-order valence-corrected chi connectivity index (χ4v) is 3.28. The Morgan fingerprint density at radius 3 is 2.57 bits per heavy atom. The molecule has 1 amide bonds. The lowest BCUT2D eigenvalue weighted by molar-refractivity contribution is -0.130. The van der Waals surface area contributed by atoms with Gasteiger partial charge in [-0.15, -0.1) is 0 Å². The molecule has 1 aromatic carbocycles. The SMILES string of the molecule is Cc1nn(C)c(C)c1CCCN(C)C(=O)Cn1cc(-c2ccccc2)oc1=O. The molecule has 7 heteroatoms. The van der Waals surface area contributed by atoms with E-state index < -0.39 is 5.76 Å². The third kappa shape index (κ3) is 4.24. The molecule has 0 fully saturated rings. The summed E-state index contributed by atoms with van der Waals surface area (Å²) in [6, 6.07) is 9.36. The topological polar surface area (TPSA) is 73.3 Å². The molecule has 0 bridgehead atoms. The number of hydrogen-bond donors (Lipinski definition) is 0. The van der Waals surface area contributed by atoms with Gasteiger partial charge in [-0.1, -0.05) is 30.3 Å². The van der Waals surface area contributed by atoms with Crippen LogP contribution in [0.4, 0.5) is 0 Å². The van der Waals surface area contributed by atoms with E-state index >= 15 is 0 Å². The minimum absolute atomic E-state index is 0.0311. The van der Waals surface area contributed by atoms with E-state index in [9.17, 15) is 9.59 Å². The molecule has 0 saturated carbocycles. The fourth-order valence-electron chi connectivity index (χ4n) is 3.28. The van der Waals surface area contributed by atoms with Crippen molar-refractivity contribution < 1.29 is 9.21 Å². The van der Waals surface area contributed by atoms with E-state index in [-0.39, 0.29) is 12.5 Å². The zero-order valence-corrected chi connectivity index (χ0v) is 16.8. The molecular weight excluding hydrogens is 356 g/mol. The second-order valence-electron chi connectivity index (χ2n) is 7.05. The van der Waals surface area contributed by atoms with Gasteiger partial charge >= 0.3 is 5.76 Å². The minimum Gasteiger partial charge on any atom is -0.408 e. The van der Waals surface area contributed by atoms with Gasteiger partial charge < -0.3 is 9.32 Å². The van der Waals surface area contributed by atoms with Crippen LogP contribution in [0.5, 0.6) is 0 Å². The van der Waals surface area contributed by atoms with E-state index in [4.69, 9.17) is 4.42 Å². The van der Waals surface area contributed by atoms with Crippen molar-refractivity contribution in [3.05, 3.63) is 64.0 Å². The second-order valence-corrected chi connectivity index (χ2v) is 7.05. The Morgan fingerprint density at radius 2 is 1.93 bits per heavy atom. The largest absolute Gasteiger partial charge is 0.419 e. The van der Waals surface area contributed by atoms with E-state index in [1.165, 1.54) is 10.1 Å². The molecule has 28 heavy (non-hydrogen) atoms. The highest BCUT2D eigenvalue weighted by Crippen LogP contribution is 2.17. The Morgan fingerprint density at radius 1 is 1.21 bits per heavy atom. The summed E-state index contributed by atoms with van der Waals surface area (Å²) in [6.45, 7) is 4.65. The smallest absolute Gasteiger partial charge is 0.408 e. The van der Waals surface area contributed by atoms with Crippen LogP contribution in [0, 0.1) is 13.8 Å². The van der Waals surface area contributed by atoms with Gasteiger partial charge in [0.1, 0.15) is 6.54 Å². The maximum Gasteiger partial charge on any atom is 0.419 e. The molecule has 0 atom stereocenters. The van der Waals surface area contributed by atoms with Crippen LogP contribution in [-0.4, -0.2) is 38.7 Å². The van der Waals surface area contributed by atoms with Crippen molar-refractivity contribution in [3.63, 3.8) is 0 Å². The van der Waals surface area contributed by atoms with E-state index in [1.807, 2.05) is 49.0 Å². The van der Waals surface area contributed by atoms with Gasteiger partial charge in [0, 0.05) is 31.9 Å². The molecule has 3 rings (SSSR count). The summed E-state index contributed by atoms with van der Waals surface area (Å²) in [6.07, 6.45) is 3.30. The van der Waals surface area contributed by atoms with E-state index in [0.717, 1.165) is 29.8 Å². The Bertz CT molecular complexity index is 1010. The standard InChI is InChI=1S/C21H26N4O3/c1-15-18(16(2)24(4)22-15)11-8-12-23(3)20(26)14-25-13-19(28-21(25)27)17-9-6-5-7-10-17/h5-7,9-10,13H,8,11-12,14H2,1-4H3. The maximum atomic E-state index is 12.5. The molecule has 0 aliphatic rings. The van der Waals surface area contributed by atoms with Crippen molar-refractivity contribution in [2.45, 2.75) is 33.2 Å². The lowest BCUT2D eigenvalue weighted by atomic mass is 10.1. The van der Waals surface area contributed by atoms with Gasteiger partial charge in [-0.25, -0.2) is 4.79 Å². The first kappa shape index (κ1) is 19.7. The van der Waals surface area contributed by atoms with Gasteiger partial charge in [-0.05, 0) is 32.3 Å². The molecule has 2 heterocycles. The third-order valence-corrected chi connectivity index (χ3v) is 5.07. The first-order valence-corrected chi connectivity index (χ1v) is 9.35. The summed E-state index contributed by atoms with van der Waals surface area (Å²) in [4.78, 5) is 26.2. The molecule has 0 aliphatic heterocycles. The maximum absolute atomic E-state index is 12.5. The number of rotatable bonds is 7. The summed E-state index contributed by atoms with van der Waals surface area (Å²) in [5.74, 6) is -0.187. The van der Waals surface area contributed by atoms with Gasteiger partial charge in [0.05, 0.1) is 11.9 Å². The molecular formula is C21H26N4O3. The number of aromatic nitrogens is 3. The quantitative estimate of drug-likeness (QED) is 0.629. The highest BCUT2D eigenvalue weighted by Gasteiger charge is 2.15. The normalized spacial score (nSPS) is 11.0. The van der Waals surface area contributed by atoms with Crippen LogP contribution in [-0.2, 0) is 24.8 Å². The number of likely N-dealkylation sites (N-methyl/N-ethyl adjacent to an activating group) is 1. The molecule has 3 aromatic rings. The van der Waals surface area contributed by atoms with Gasteiger partial charge in [0.2, 0.25) is 5.91 Å². The lowest BCUT2D eigenvalue weighted by Crippen LogP contribution is -2.33. The van der Waals surface area contributed by atoms with Crippen LogP contribution in [0.2, 0.25) is 0 Å². The molecule has 0 unspecified atom stereocenters. The summed E-state index contributed by atoms with van der Waals surface area (Å²) in [5.41, 5.74) is 4.24. The molecule has 0 saturated heterocycles. The zero-order chi connectivity index (χ0) is 20.3. The van der Waals surface area contributed by atoms with Crippen molar-refractivity contribution >= 4 is 5.91 Å². The van der Waals surface area contributed by atoms with Crippen molar-refractivity contribution in [3.8, 4) is 11.3 Å². The van der Waals surface area contributed by atoms with Gasteiger partial charge in [0.15, 0.2) is 5.76 Å². The second kappa shape index (κ2) is 8.29. The van der Waals surface area contributed by atoms with Crippen LogP contribution in [0.1, 0.15) is 23.4 Å². The highest BCUT2D eigenvalue weighted by molar-refractivity contribution is 5.75. The number of benzene rings is 1. The summed E-state index contributed by atoms with van der Waals surface area (Å²) >= 11 is 0. The minimum atomic E-state index is -0.526. The van der Waals surface area contributed by atoms with E-state index in [2.05, 4.69) is 12.0 Å². The van der Waals surface area contributed by atoms with Crippen LogP contribution < -0.4 is 5.76 Å². The molecule has 2 aromatic heterocycles. The average Bonchev–Trinajstić information content (AvgIpc) is 3.16. The van der Waals surface area contributed by atoms with Crippen molar-refractivity contribution in [1.29, 1.82) is 0 Å². The Hall–Kier alpha value is -3.09. The van der Waals surface area contributed by atoms with Crippen LogP contribution >= 0.6 is 0 Å². The van der Waals surface area contributed by atoms with Gasteiger partial charge in [-0.3, -0.25) is 14.0 Å². The highest BCUT2D eigenvalue weighted by atomic mass is 16.4. The molecule has 7 nitrogen and oxygen atoms in total. The molecule has 0 aliphatic carbocycles. The van der Waals surface area contributed by atoms with E-state index in [1.54, 1.807) is 18.1 Å². The number of aryl methyl sites for hydroxylation is 2. The monoisotopic (exact) mass is 382 g/mol. The Labute approximate surface area is 164 Å². The molecule has 0 N–H and O–H groups in total. The summed E-state index contributed by atoms with van der Waals surface area (Å²) in [7, 11) is 3.70. The number of carbonyl (C=O) groups is 1. The molecule has 0 radical (unpaired) electrons. The van der Waals surface area contributed by atoms with E-state index in [0.29, 0.717) is 12.3 Å². The van der Waals surface area contributed by atoms with Crippen molar-refractivity contribution in [2.24, 2.45) is 7.05 Å². The number of amides is 1. The number of nitrogens with zero attached hydrogens (tertiary/aromatic N) is 4. The fraction of sp³-hybridized carbons (Fsp3) is 0.381. The zero-order valence-electron chi connectivity index (χ0n) is 16.8. The van der Waals surface area contributed by atoms with Gasteiger partial charge in [0.25, 0.3) is 0 Å². The summed E-state index contributed by atoms with van der Waals surface area (Å²) < 4.78 is 8.48. The number of oxazole rings is 1. The third-order valence-electron chi connectivity index (χ3n) is 5.07. The lowest BCUT2D eigenvalue weighted by Gasteiger charge is -2.17. The van der Waals surface area contributed by atoms with Crippen LogP contribution in [0.15, 0.2) is 45.7 Å². The number of carbonyl (C=O) groups excluding carboxylic acids is 1. The van der Waals surface area contributed by atoms with Crippen molar-refractivity contribution in [2.75, 3.05) is 13.6 Å². The first-order valence-electron chi connectivity index (χ1n) is 9.35. The average molecular weight is 382 g/mol. The van der Waals surface area contributed by atoms with Gasteiger partial charge in [-0.2, -0.15) is 5.10 Å².